The molecule has 2 aromatic rings. The van der Waals surface area contributed by atoms with Gasteiger partial charge < -0.3 is 23.8 Å². The van der Waals surface area contributed by atoms with E-state index < -0.39 is 0 Å². The Morgan fingerprint density at radius 2 is 2.14 bits per heavy atom. The summed E-state index contributed by atoms with van der Waals surface area (Å²) in [5, 5.41) is 0.641. The van der Waals surface area contributed by atoms with E-state index in [9.17, 15) is 9.59 Å². The maximum atomic E-state index is 13.1. The Labute approximate surface area is 171 Å². The molecular formula is C22H31N3O4. The summed E-state index contributed by atoms with van der Waals surface area (Å²) in [6.45, 7) is 6.96. The van der Waals surface area contributed by atoms with Crippen molar-refractivity contribution in [2.24, 2.45) is 5.92 Å². The van der Waals surface area contributed by atoms with E-state index in [1.54, 1.807) is 13.2 Å². The van der Waals surface area contributed by atoms with Gasteiger partial charge in [-0.2, -0.15) is 0 Å². The van der Waals surface area contributed by atoms with Gasteiger partial charge in [0.25, 0.3) is 0 Å². The Morgan fingerprint density at radius 3 is 2.93 bits per heavy atom. The lowest BCUT2D eigenvalue weighted by molar-refractivity contribution is -0.132. The van der Waals surface area contributed by atoms with Crippen LogP contribution in [0.15, 0.2) is 35.1 Å². The molecule has 0 aliphatic carbocycles. The molecule has 1 atom stereocenters. The number of nitrogens with zero attached hydrogens (tertiary/aromatic N) is 3. The first-order valence-electron chi connectivity index (χ1n) is 10.1. The van der Waals surface area contributed by atoms with Gasteiger partial charge in [0.2, 0.25) is 5.91 Å². The molecule has 1 aromatic heterocycles. The standard InChI is InChI=1S/C22H31N3O4/c1-17-12-21(26)19-6-4-5-7-20(19)25(17)15-22(27)24-9-11-29-16-18(14-24)13-23(2)8-10-28-3/h4-7,12,18H,8-11,13-16H2,1-3H3. The second kappa shape index (κ2) is 10.0. The molecule has 1 amide bonds. The molecular weight excluding hydrogens is 370 g/mol. The maximum Gasteiger partial charge on any atom is 0.242 e. The lowest BCUT2D eigenvalue weighted by Gasteiger charge is -2.27. The van der Waals surface area contributed by atoms with Crippen molar-refractivity contribution in [1.82, 2.24) is 14.4 Å². The highest BCUT2D eigenvalue weighted by atomic mass is 16.5. The summed E-state index contributed by atoms with van der Waals surface area (Å²) in [5.41, 5.74) is 1.58. The summed E-state index contributed by atoms with van der Waals surface area (Å²) in [7, 11) is 3.76. The number of aryl methyl sites for hydroxylation is 1. The molecule has 158 valence electrons. The number of benzene rings is 1. The SMILES string of the molecule is COCCN(C)CC1COCCN(C(=O)Cn2c(C)cc(=O)c3ccccc32)C1. The quantitative estimate of drug-likeness (QED) is 0.701. The number of ether oxygens (including phenoxy) is 2. The van der Waals surface area contributed by atoms with Crippen molar-refractivity contribution in [1.29, 1.82) is 0 Å². The zero-order valence-corrected chi connectivity index (χ0v) is 17.6. The molecule has 0 N–H and O–H groups in total. The minimum absolute atomic E-state index is 0.0101. The van der Waals surface area contributed by atoms with Crippen LogP contribution < -0.4 is 5.43 Å². The average Bonchev–Trinajstić information content (AvgIpc) is 2.95. The molecule has 7 nitrogen and oxygen atoms in total. The van der Waals surface area contributed by atoms with Gasteiger partial charge in [-0.3, -0.25) is 9.59 Å². The van der Waals surface area contributed by atoms with E-state index in [1.807, 2.05) is 40.7 Å². The molecule has 1 unspecified atom stereocenters. The van der Waals surface area contributed by atoms with E-state index in [2.05, 4.69) is 11.9 Å². The number of fused-ring (bicyclic) bond motifs is 1. The summed E-state index contributed by atoms with van der Waals surface area (Å²) in [6, 6.07) is 9.06. The average molecular weight is 402 g/mol. The third-order valence-electron chi connectivity index (χ3n) is 5.46. The highest BCUT2D eigenvalue weighted by Crippen LogP contribution is 2.15. The van der Waals surface area contributed by atoms with Crippen LogP contribution >= 0.6 is 0 Å². The number of hydrogen-bond acceptors (Lipinski definition) is 5. The molecule has 0 saturated carbocycles. The zero-order valence-electron chi connectivity index (χ0n) is 17.6. The van der Waals surface area contributed by atoms with Gasteiger partial charge in [0.15, 0.2) is 5.43 Å². The Kier molecular flexibility index (Phi) is 7.41. The van der Waals surface area contributed by atoms with Gasteiger partial charge in [0, 0.05) is 56.4 Å². The molecule has 0 spiro atoms. The predicted octanol–water partition coefficient (Wildman–Crippen LogP) is 1.36. The second-order valence-corrected chi connectivity index (χ2v) is 7.79. The molecule has 1 aliphatic rings. The fourth-order valence-electron chi connectivity index (χ4n) is 3.89. The Morgan fingerprint density at radius 1 is 1.34 bits per heavy atom. The summed E-state index contributed by atoms with van der Waals surface area (Å²) in [5.74, 6) is 0.312. The van der Waals surface area contributed by atoms with Crippen LogP contribution in [0.4, 0.5) is 0 Å². The number of methoxy groups -OCH3 is 1. The summed E-state index contributed by atoms with van der Waals surface area (Å²) >= 11 is 0. The monoisotopic (exact) mass is 401 g/mol. The fraction of sp³-hybridized carbons (Fsp3) is 0.545. The minimum Gasteiger partial charge on any atom is -0.383 e. The number of para-hydroxylation sites is 1. The molecule has 1 fully saturated rings. The topological polar surface area (TPSA) is 64.0 Å². The Bertz CT molecular complexity index is 895. The van der Waals surface area contributed by atoms with E-state index in [-0.39, 0.29) is 23.8 Å². The van der Waals surface area contributed by atoms with Crippen LogP contribution in [0, 0.1) is 12.8 Å². The molecule has 0 bridgehead atoms. The third-order valence-corrected chi connectivity index (χ3v) is 5.46. The number of carbonyl (C=O) groups excluding carboxylic acids is 1. The number of carbonyl (C=O) groups is 1. The predicted molar refractivity (Wildman–Crippen MR) is 113 cm³/mol. The van der Waals surface area contributed by atoms with Gasteiger partial charge in [-0.15, -0.1) is 0 Å². The van der Waals surface area contributed by atoms with Gasteiger partial charge in [-0.05, 0) is 26.1 Å². The van der Waals surface area contributed by atoms with Gasteiger partial charge in [-0.25, -0.2) is 0 Å². The number of pyridine rings is 1. The van der Waals surface area contributed by atoms with Crippen LogP contribution in [0.5, 0.6) is 0 Å². The van der Waals surface area contributed by atoms with Crippen molar-refractivity contribution >= 4 is 16.8 Å². The molecule has 1 aromatic carbocycles. The lowest BCUT2D eigenvalue weighted by Crippen LogP contribution is -2.41. The Balaban J connectivity index is 1.73. The minimum atomic E-state index is -0.0101. The first-order valence-corrected chi connectivity index (χ1v) is 10.1. The first-order chi connectivity index (χ1) is 14.0. The molecule has 29 heavy (non-hydrogen) atoms. The van der Waals surface area contributed by atoms with Crippen LogP contribution in [-0.4, -0.2) is 80.4 Å². The van der Waals surface area contributed by atoms with E-state index >= 15 is 0 Å². The normalized spacial score (nSPS) is 17.7. The third kappa shape index (κ3) is 5.44. The van der Waals surface area contributed by atoms with Crippen molar-refractivity contribution in [3.63, 3.8) is 0 Å². The van der Waals surface area contributed by atoms with E-state index in [0.29, 0.717) is 38.3 Å². The molecule has 7 heteroatoms. The van der Waals surface area contributed by atoms with Gasteiger partial charge in [0.1, 0.15) is 6.54 Å². The summed E-state index contributed by atoms with van der Waals surface area (Å²) in [6.07, 6.45) is 0. The molecule has 3 rings (SSSR count). The Hall–Kier alpha value is -2.22. The van der Waals surface area contributed by atoms with Crippen molar-refractivity contribution < 1.29 is 14.3 Å². The van der Waals surface area contributed by atoms with Crippen LogP contribution in [0.2, 0.25) is 0 Å². The van der Waals surface area contributed by atoms with Crippen molar-refractivity contribution in [3.8, 4) is 0 Å². The molecule has 2 heterocycles. The van der Waals surface area contributed by atoms with Crippen LogP contribution in [-0.2, 0) is 20.8 Å². The number of hydrogen-bond donors (Lipinski definition) is 0. The van der Waals surface area contributed by atoms with E-state index in [1.165, 1.54) is 0 Å². The molecule has 1 aliphatic heterocycles. The van der Waals surface area contributed by atoms with Gasteiger partial charge >= 0.3 is 0 Å². The number of amides is 1. The smallest absolute Gasteiger partial charge is 0.242 e. The number of aromatic nitrogens is 1. The van der Waals surface area contributed by atoms with Crippen LogP contribution in [0.25, 0.3) is 10.9 Å². The maximum absolute atomic E-state index is 13.1. The zero-order chi connectivity index (χ0) is 20.8. The number of likely N-dealkylation sites (N-methyl/N-ethyl adjacent to an activating group) is 1. The van der Waals surface area contributed by atoms with Crippen molar-refractivity contribution in [2.75, 3.05) is 60.2 Å². The summed E-state index contributed by atoms with van der Waals surface area (Å²) in [4.78, 5) is 29.5. The van der Waals surface area contributed by atoms with Crippen molar-refractivity contribution in [3.05, 3.63) is 46.2 Å². The fourth-order valence-corrected chi connectivity index (χ4v) is 3.89. The van der Waals surface area contributed by atoms with Crippen molar-refractivity contribution in [2.45, 2.75) is 13.5 Å². The first kappa shape index (κ1) is 21.5. The highest BCUT2D eigenvalue weighted by Gasteiger charge is 2.24. The molecule has 0 radical (unpaired) electrons. The highest BCUT2D eigenvalue weighted by molar-refractivity contribution is 5.82. The second-order valence-electron chi connectivity index (χ2n) is 7.79. The van der Waals surface area contributed by atoms with E-state index in [4.69, 9.17) is 9.47 Å². The van der Waals surface area contributed by atoms with Gasteiger partial charge in [-0.1, -0.05) is 12.1 Å². The van der Waals surface area contributed by atoms with E-state index in [0.717, 1.165) is 24.3 Å². The summed E-state index contributed by atoms with van der Waals surface area (Å²) < 4.78 is 12.8. The lowest BCUT2D eigenvalue weighted by atomic mass is 10.1. The van der Waals surface area contributed by atoms with Crippen LogP contribution in [0.1, 0.15) is 5.69 Å². The largest absolute Gasteiger partial charge is 0.383 e. The molecule has 1 saturated heterocycles. The number of rotatable bonds is 7. The van der Waals surface area contributed by atoms with Gasteiger partial charge in [0.05, 0.1) is 25.3 Å². The van der Waals surface area contributed by atoms with Crippen LogP contribution in [0.3, 0.4) is 0 Å².